The van der Waals surface area contributed by atoms with E-state index < -0.39 is 10.0 Å². The van der Waals surface area contributed by atoms with Crippen LogP contribution in [0.5, 0.6) is 0 Å². The minimum atomic E-state index is -3.41. The van der Waals surface area contributed by atoms with Crippen LogP contribution < -0.4 is 10.5 Å². The molecule has 0 radical (unpaired) electrons. The summed E-state index contributed by atoms with van der Waals surface area (Å²) in [7, 11) is -3.41. The van der Waals surface area contributed by atoms with Crippen molar-refractivity contribution in [3.05, 3.63) is 35.4 Å². The van der Waals surface area contributed by atoms with Gasteiger partial charge in [0.15, 0.2) is 0 Å². The van der Waals surface area contributed by atoms with Gasteiger partial charge >= 0.3 is 0 Å². The van der Waals surface area contributed by atoms with E-state index in [9.17, 15) is 8.42 Å². The van der Waals surface area contributed by atoms with Gasteiger partial charge in [0.1, 0.15) is 0 Å². The molecule has 0 bridgehead atoms. The Morgan fingerprint density at radius 3 is 2.82 bits per heavy atom. The zero-order chi connectivity index (χ0) is 12.9. The molecule has 0 aliphatic carbocycles. The average molecular weight is 253 g/mol. The third-order valence-corrected chi connectivity index (χ3v) is 3.62. The van der Waals surface area contributed by atoms with E-state index in [1.807, 2.05) is 6.07 Å². The first-order valence-electron chi connectivity index (χ1n) is 5.16. The molecule has 1 atom stereocenters. The first-order chi connectivity index (χ1) is 7.96. The summed E-state index contributed by atoms with van der Waals surface area (Å²) in [6.07, 6.45) is 0. The van der Waals surface area contributed by atoms with Crippen molar-refractivity contribution in [3.8, 4) is 6.07 Å². The predicted octanol–water partition coefficient (Wildman–Crippen LogP) is 0.325. The van der Waals surface area contributed by atoms with Crippen molar-refractivity contribution >= 4 is 10.0 Å². The third-order valence-electron chi connectivity index (χ3n) is 2.15. The SMILES string of the molecule is C[C@@H](CN)NS(=O)(=O)Cc1cccc(C#N)c1. The first kappa shape index (κ1) is 13.6. The smallest absolute Gasteiger partial charge is 0.216 e. The number of nitrogens with one attached hydrogen (secondary N) is 1. The van der Waals surface area contributed by atoms with Crippen molar-refractivity contribution in [2.24, 2.45) is 5.73 Å². The van der Waals surface area contributed by atoms with Gasteiger partial charge in [0.2, 0.25) is 10.0 Å². The van der Waals surface area contributed by atoms with E-state index in [0.29, 0.717) is 11.1 Å². The van der Waals surface area contributed by atoms with Gasteiger partial charge in [-0.25, -0.2) is 13.1 Å². The highest BCUT2D eigenvalue weighted by molar-refractivity contribution is 7.88. The highest BCUT2D eigenvalue weighted by Crippen LogP contribution is 2.08. The first-order valence-corrected chi connectivity index (χ1v) is 6.81. The van der Waals surface area contributed by atoms with Gasteiger partial charge in [-0.05, 0) is 24.6 Å². The van der Waals surface area contributed by atoms with E-state index >= 15 is 0 Å². The molecule has 1 aromatic carbocycles. The van der Waals surface area contributed by atoms with Crippen molar-refractivity contribution in [3.63, 3.8) is 0 Å². The van der Waals surface area contributed by atoms with Gasteiger partial charge in [-0.1, -0.05) is 12.1 Å². The van der Waals surface area contributed by atoms with Crippen LogP contribution in [0.2, 0.25) is 0 Å². The second-order valence-corrected chi connectivity index (χ2v) is 5.58. The molecule has 0 saturated carbocycles. The molecule has 1 aromatic rings. The molecule has 0 heterocycles. The predicted molar refractivity (Wildman–Crippen MR) is 65.4 cm³/mol. The molecule has 0 amide bonds. The number of benzene rings is 1. The molecule has 0 unspecified atom stereocenters. The summed E-state index contributed by atoms with van der Waals surface area (Å²) < 4.78 is 25.9. The van der Waals surface area contributed by atoms with Gasteiger partial charge in [0.25, 0.3) is 0 Å². The van der Waals surface area contributed by atoms with Gasteiger partial charge in [0.05, 0.1) is 17.4 Å². The van der Waals surface area contributed by atoms with Crippen LogP contribution >= 0.6 is 0 Å². The lowest BCUT2D eigenvalue weighted by Gasteiger charge is -2.11. The topological polar surface area (TPSA) is 96.0 Å². The Morgan fingerprint density at radius 1 is 1.53 bits per heavy atom. The summed E-state index contributed by atoms with van der Waals surface area (Å²) in [6, 6.07) is 8.21. The summed E-state index contributed by atoms with van der Waals surface area (Å²) in [5, 5.41) is 8.71. The molecule has 0 fully saturated rings. The Labute approximate surface area is 101 Å². The molecule has 0 spiro atoms. The number of nitrogens with zero attached hydrogens (tertiary/aromatic N) is 1. The van der Waals surface area contributed by atoms with Crippen molar-refractivity contribution in [1.29, 1.82) is 5.26 Å². The van der Waals surface area contributed by atoms with Crippen LogP contribution in [0.15, 0.2) is 24.3 Å². The number of hydrogen-bond acceptors (Lipinski definition) is 4. The van der Waals surface area contributed by atoms with E-state index in [-0.39, 0.29) is 18.3 Å². The largest absolute Gasteiger partial charge is 0.329 e. The average Bonchev–Trinajstić information content (AvgIpc) is 2.27. The van der Waals surface area contributed by atoms with Gasteiger partial charge in [0, 0.05) is 12.6 Å². The van der Waals surface area contributed by atoms with Crippen molar-refractivity contribution in [2.45, 2.75) is 18.7 Å². The Hall–Kier alpha value is -1.42. The van der Waals surface area contributed by atoms with E-state index in [4.69, 9.17) is 11.0 Å². The van der Waals surface area contributed by atoms with Gasteiger partial charge < -0.3 is 5.73 Å². The second-order valence-electron chi connectivity index (χ2n) is 3.83. The minimum absolute atomic E-state index is 0.146. The summed E-state index contributed by atoms with van der Waals surface area (Å²) in [5.41, 5.74) is 6.38. The lowest BCUT2D eigenvalue weighted by Crippen LogP contribution is -2.38. The summed E-state index contributed by atoms with van der Waals surface area (Å²) in [4.78, 5) is 0. The van der Waals surface area contributed by atoms with Crippen LogP contribution in [0.25, 0.3) is 0 Å². The fourth-order valence-corrected chi connectivity index (χ4v) is 2.76. The highest BCUT2D eigenvalue weighted by Gasteiger charge is 2.14. The van der Waals surface area contributed by atoms with Crippen LogP contribution in [0.1, 0.15) is 18.1 Å². The zero-order valence-corrected chi connectivity index (χ0v) is 10.4. The van der Waals surface area contributed by atoms with Crippen molar-refractivity contribution < 1.29 is 8.42 Å². The minimum Gasteiger partial charge on any atom is -0.329 e. The van der Waals surface area contributed by atoms with Crippen LogP contribution in [-0.2, 0) is 15.8 Å². The maximum atomic E-state index is 11.7. The van der Waals surface area contributed by atoms with Crippen LogP contribution in [0.4, 0.5) is 0 Å². The Kier molecular flexibility index (Phi) is 4.63. The fourth-order valence-electron chi connectivity index (χ4n) is 1.35. The number of rotatable bonds is 5. The van der Waals surface area contributed by atoms with Gasteiger partial charge in [-0.15, -0.1) is 0 Å². The molecule has 5 nitrogen and oxygen atoms in total. The molecule has 1 rings (SSSR count). The normalized spacial score (nSPS) is 13.0. The third kappa shape index (κ3) is 4.53. The number of sulfonamides is 1. The Bertz CT molecular complexity index is 520. The highest BCUT2D eigenvalue weighted by atomic mass is 32.2. The molecule has 3 N–H and O–H groups in total. The molecule has 6 heteroatoms. The van der Waals surface area contributed by atoms with Gasteiger partial charge in [-0.3, -0.25) is 0 Å². The monoisotopic (exact) mass is 253 g/mol. The van der Waals surface area contributed by atoms with Crippen LogP contribution in [0.3, 0.4) is 0 Å². The number of nitriles is 1. The second kappa shape index (κ2) is 5.77. The molecule has 0 saturated heterocycles. The Morgan fingerprint density at radius 2 is 2.24 bits per heavy atom. The Balaban J connectivity index is 2.80. The van der Waals surface area contributed by atoms with Crippen molar-refractivity contribution in [2.75, 3.05) is 6.54 Å². The van der Waals surface area contributed by atoms with Crippen LogP contribution in [0, 0.1) is 11.3 Å². The van der Waals surface area contributed by atoms with E-state index in [0.717, 1.165) is 0 Å². The fraction of sp³-hybridized carbons (Fsp3) is 0.364. The summed E-state index contributed by atoms with van der Waals surface area (Å²) in [6.45, 7) is 1.95. The molecule has 17 heavy (non-hydrogen) atoms. The van der Waals surface area contributed by atoms with E-state index in [1.54, 1.807) is 31.2 Å². The molecule has 0 aliphatic rings. The quantitative estimate of drug-likeness (QED) is 0.790. The maximum absolute atomic E-state index is 11.7. The molecular weight excluding hydrogens is 238 g/mol. The molecular formula is C11H15N3O2S. The lowest BCUT2D eigenvalue weighted by molar-refractivity contribution is 0.562. The maximum Gasteiger partial charge on any atom is 0.216 e. The van der Waals surface area contributed by atoms with E-state index in [1.165, 1.54) is 0 Å². The van der Waals surface area contributed by atoms with E-state index in [2.05, 4.69) is 4.72 Å². The summed E-state index contributed by atoms with van der Waals surface area (Å²) >= 11 is 0. The molecule has 0 aromatic heterocycles. The zero-order valence-electron chi connectivity index (χ0n) is 9.55. The molecule has 0 aliphatic heterocycles. The number of hydrogen-bond donors (Lipinski definition) is 2. The standard InChI is InChI=1S/C11H15N3O2S/c1-9(6-12)14-17(15,16)8-11-4-2-3-10(5-11)7-13/h2-5,9,14H,6,8,12H2,1H3/t9-/m0/s1. The summed E-state index contributed by atoms with van der Waals surface area (Å²) in [5.74, 6) is -0.146. The van der Waals surface area contributed by atoms with Crippen LogP contribution in [-0.4, -0.2) is 21.0 Å². The van der Waals surface area contributed by atoms with Gasteiger partial charge in [-0.2, -0.15) is 5.26 Å². The number of nitrogens with two attached hydrogens (primary N) is 1. The molecule has 92 valence electrons. The van der Waals surface area contributed by atoms with Crippen molar-refractivity contribution in [1.82, 2.24) is 4.72 Å². The lowest BCUT2D eigenvalue weighted by atomic mass is 10.2.